The van der Waals surface area contributed by atoms with Crippen molar-refractivity contribution in [1.29, 1.82) is 0 Å². The number of para-hydroxylation sites is 1. The van der Waals surface area contributed by atoms with Crippen molar-refractivity contribution >= 4 is 23.9 Å². The van der Waals surface area contributed by atoms with Gasteiger partial charge in [-0.2, -0.15) is 0 Å². The van der Waals surface area contributed by atoms with Gasteiger partial charge >= 0.3 is 35.6 Å². The summed E-state index contributed by atoms with van der Waals surface area (Å²) in [6.45, 7) is 0. The first-order valence-electron chi connectivity index (χ1n) is 5.65. The Labute approximate surface area is 142 Å². The van der Waals surface area contributed by atoms with Crippen LogP contribution in [0.15, 0.2) is 23.8 Å². The van der Waals surface area contributed by atoms with Crippen molar-refractivity contribution in [2.45, 2.75) is 0 Å². The summed E-state index contributed by atoms with van der Waals surface area (Å²) < 4.78 is 0. The van der Waals surface area contributed by atoms with E-state index in [2.05, 4.69) is 0 Å². The molecule has 21 heavy (non-hydrogen) atoms. The molecule has 1 aromatic carbocycles. The van der Waals surface area contributed by atoms with E-state index in [4.69, 9.17) is 0 Å². The third-order valence-corrected chi connectivity index (χ3v) is 2.97. The van der Waals surface area contributed by atoms with Gasteiger partial charge in [0.25, 0.3) is 11.8 Å². The van der Waals surface area contributed by atoms with Gasteiger partial charge in [0.15, 0.2) is 0 Å². The molecule has 0 saturated carbocycles. The van der Waals surface area contributed by atoms with Crippen LogP contribution in [-0.4, -0.2) is 46.8 Å². The predicted molar refractivity (Wildman–Crippen MR) is 66.5 cm³/mol. The van der Waals surface area contributed by atoms with E-state index in [9.17, 15) is 24.6 Å². The normalized spacial score (nSPS) is 15.1. The van der Waals surface area contributed by atoms with Crippen LogP contribution in [-0.2, 0) is 9.59 Å². The van der Waals surface area contributed by atoms with Crippen molar-refractivity contribution < 1.29 is 54.2 Å². The molecule has 0 aliphatic carbocycles. The summed E-state index contributed by atoms with van der Waals surface area (Å²) >= 11 is 0. The summed E-state index contributed by atoms with van der Waals surface area (Å²) in [7, 11) is 2.48. The molecule has 0 atom stereocenters. The Morgan fingerprint density at radius 1 is 1.10 bits per heavy atom. The Hall–Kier alpha value is -1.83. The van der Waals surface area contributed by atoms with Crippen molar-refractivity contribution in [3.63, 3.8) is 0 Å². The maximum absolute atomic E-state index is 11.9. The smallest absolute Gasteiger partial charge is 0.870 e. The van der Waals surface area contributed by atoms with E-state index in [1.807, 2.05) is 0 Å². The Balaban J connectivity index is 0.00000220. The molecule has 0 bridgehead atoms. The van der Waals surface area contributed by atoms with E-state index in [-0.39, 0.29) is 40.7 Å². The van der Waals surface area contributed by atoms with Crippen LogP contribution >= 0.6 is 0 Å². The Morgan fingerprint density at radius 3 is 2.14 bits per heavy atom. The van der Waals surface area contributed by atoms with E-state index in [0.717, 1.165) is 21.9 Å². The van der Waals surface area contributed by atoms with Crippen molar-refractivity contribution in [3.8, 4) is 11.5 Å². The fraction of sp³-hybridized carbons (Fsp3) is 0.154. The van der Waals surface area contributed by atoms with E-state index in [1.165, 1.54) is 26.2 Å². The number of urea groups is 1. The second-order valence-electron chi connectivity index (χ2n) is 4.26. The van der Waals surface area contributed by atoms with Crippen molar-refractivity contribution in [1.82, 2.24) is 9.80 Å². The summed E-state index contributed by atoms with van der Waals surface area (Å²) in [4.78, 5) is 37.0. The quantitative estimate of drug-likeness (QED) is 0.336. The number of phenols is 1. The van der Waals surface area contributed by atoms with Crippen LogP contribution in [0.1, 0.15) is 5.56 Å². The number of likely N-dealkylation sites (N-methyl/N-ethyl adjacent to an activating group) is 2. The van der Waals surface area contributed by atoms with Gasteiger partial charge < -0.3 is 10.2 Å². The number of carbonyl (C=O) groups excluding carboxylic acids is 3. The second kappa shape index (κ2) is 6.30. The summed E-state index contributed by atoms with van der Waals surface area (Å²) in [5.74, 6) is -2.74. The molecule has 1 fully saturated rings. The Bertz CT molecular complexity index is 630. The minimum absolute atomic E-state index is 0. The fourth-order valence-electron chi connectivity index (χ4n) is 1.79. The molecular weight excluding hydrogens is 287 g/mol. The summed E-state index contributed by atoms with van der Waals surface area (Å²) in [6.07, 6.45) is 1.10. The number of nitrogens with zero attached hydrogens (tertiary/aromatic N) is 2. The van der Waals surface area contributed by atoms with E-state index in [0.29, 0.717) is 0 Å². The zero-order valence-corrected chi connectivity index (χ0v) is 13.8. The molecule has 0 aromatic heterocycles. The molecule has 1 aliphatic heterocycles. The monoisotopic (exact) mass is 298 g/mol. The first-order chi connectivity index (χ1) is 9.34. The largest absolute Gasteiger partial charge is 1.00 e. The number of hydrogen-bond acceptors (Lipinski definition) is 5. The summed E-state index contributed by atoms with van der Waals surface area (Å²) in [5.41, 5.74) is -0.249. The van der Waals surface area contributed by atoms with Gasteiger partial charge in [0, 0.05) is 19.7 Å². The van der Waals surface area contributed by atoms with Crippen LogP contribution in [0, 0.1) is 0 Å². The molecule has 0 radical (unpaired) electrons. The Kier molecular flexibility index (Phi) is 5.16. The van der Waals surface area contributed by atoms with Gasteiger partial charge in [-0.05, 0) is 6.08 Å². The van der Waals surface area contributed by atoms with Gasteiger partial charge in [-0.1, -0.05) is 23.9 Å². The zero-order chi connectivity index (χ0) is 15.0. The average Bonchev–Trinajstić information content (AvgIpc) is 2.43. The molecule has 1 N–H and O–H groups in total. The third-order valence-electron chi connectivity index (χ3n) is 2.97. The maximum Gasteiger partial charge on any atom is 1.00 e. The number of barbiturate groups is 1. The van der Waals surface area contributed by atoms with Gasteiger partial charge in [-0.3, -0.25) is 19.4 Å². The minimum Gasteiger partial charge on any atom is -0.870 e. The molecule has 0 unspecified atom stereocenters. The number of carbonyl (C=O) groups is 3. The number of phenolic OH excluding ortho intramolecular Hbond substituents is 1. The summed E-state index contributed by atoms with van der Waals surface area (Å²) in [5, 5.41) is 20.9. The van der Waals surface area contributed by atoms with Gasteiger partial charge in [-0.25, -0.2) is 4.79 Å². The standard InChI is InChI=1S/C13H12N2O5.Na/c1-14-11(18)8(12(19)15(2)13(14)20)6-7-4-3-5-9(16)10(7)17;/h3-6,16-17H,1-2H3;/q;+1/p-1. The van der Waals surface area contributed by atoms with Crippen LogP contribution in [0.3, 0.4) is 0 Å². The number of rotatable bonds is 1. The molecule has 0 spiro atoms. The van der Waals surface area contributed by atoms with E-state index in [1.54, 1.807) is 0 Å². The molecule has 1 aromatic rings. The Morgan fingerprint density at radius 2 is 1.62 bits per heavy atom. The number of hydrogen-bond donors (Lipinski definition) is 1. The van der Waals surface area contributed by atoms with Gasteiger partial charge in [0.1, 0.15) is 11.3 Å². The molecule has 7 nitrogen and oxygen atoms in total. The van der Waals surface area contributed by atoms with Crippen LogP contribution < -0.4 is 34.7 Å². The molecule has 104 valence electrons. The predicted octanol–water partition coefficient (Wildman–Crippen LogP) is -3.10. The summed E-state index contributed by atoms with van der Waals surface area (Å²) in [6, 6.07) is 3.20. The molecule has 2 rings (SSSR count). The number of aromatic hydroxyl groups is 1. The fourth-order valence-corrected chi connectivity index (χ4v) is 1.79. The molecular formula is C13H11N2NaO5. The average molecular weight is 298 g/mol. The van der Waals surface area contributed by atoms with Crippen LogP contribution in [0.5, 0.6) is 11.5 Å². The molecule has 1 aliphatic rings. The van der Waals surface area contributed by atoms with Gasteiger partial charge in [0.05, 0.1) is 0 Å². The number of imide groups is 2. The first-order valence-corrected chi connectivity index (χ1v) is 5.65. The maximum atomic E-state index is 11.9. The number of amides is 4. The number of benzene rings is 1. The van der Waals surface area contributed by atoms with Gasteiger partial charge in [-0.15, -0.1) is 0 Å². The zero-order valence-electron chi connectivity index (χ0n) is 11.8. The van der Waals surface area contributed by atoms with E-state index >= 15 is 0 Å². The molecule has 4 amide bonds. The van der Waals surface area contributed by atoms with Crippen LogP contribution in [0.4, 0.5) is 4.79 Å². The minimum atomic E-state index is -0.784. The van der Waals surface area contributed by atoms with Crippen molar-refractivity contribution in [2.75, 3.05) is 14.1 Å². The molecule has 1 heterocycles. The first kappa shape index (κ1) is 17.2. The SMILES string of the molecule is CN1C(=O)C(=Cc2cccc([O-])c2O)C(=O)N(C)C1=O.[Na+]. The third kappa shape index (κ3) is 2.94. The topological polar surface area (TPSA) is 101 Å². The van der Waals surface area contributed by atoms with Crippen molar-refractivity contribution in [3.05, 3.63) is 29.3 Å². The van der Waals surface area contributed by atoms with E-state index < -0.39 is 29.3 Å². The van der Waals surface area contributed by atoms with Crippen molar-refractivity contribution in [2.24, 2.45) is 0 Å². The second-order valence-corrected chi connectivity index (χ2v) is 4.26. The molecule has 1 saturated heterocycles. The van der Waals surface area contributed by atoms with Gasteiger partial charge in [0.2, 0.25) is 0 Å². The van der Waals surface area contributed by atoms with Crippen LogP contribution in [0.2, 0.25) is 0 Å². The molecule has 8 heteroatoms. The van der Waals surface area contributed by atoms with Crippen LogP contribution in [0.25, 0.3) is 6.08 Å².